The lowest BCUT2D eigenvalue weighted by Gasteiger charge is -2.35. The van der Waals surface area contributed by atoms with Crippen molar-refractivity contribution >= 4 is 38.8 Å². The maximum Gasteiger partial charge on any atom is 0.257 e. The Balaban J connectivity index is 1.58. The Labute approximate surface area is 233 Å². The summed E-state index contributed by atoms with van der Waals surface area (Å²) in [5.41, 5.74) is 1.84. The van der Waals surface area contributed by atoms with Crippen molar-refractivity contribution in [2.75, 3.05) is 48.2 Å². The number of pyridine rings is 3. The van der Waals surface area contributed by atoms with Gasteiger partial charge in [0.25, 0.3) is 5.88 Å². The van der Waals surface area contributed by atoms with Crippen molar-refractivity contribution in [2.24, 2.45) is 0 Å². The molecule has 13 heteroatoms. The van der Waals surface area contributed by atoms with Crippen molar-refractivity contribution in [1.82, 2.24) is 15.0 Å². The van der Waals surface area contributed by atoms with Crippen molar-refractivity contribution in [3.8, 4) is 22.9 Å². The van der Waals surface area contributed by atoms with Crippen LogP contribution in [0.5, 0.6) is 11.6 Å². The van der Waals surface area contributed by atoms with Gasteiger partial charge in [0.2, 0.25) is 5.91 Å². The fourth-order valence-electron chi connectivity index (χ4n) is 4.50. The molecule has 40 heavy (non-hydrogen) atoms. The fourth-order valence-corrected chi connectivity index (χ4v) is 5.10. The van der Waals surface area contributed by atoms with Crippen molar-refractivity contribution in [3.63, 3.8) is 0 Å². The third-order valence-electron chi connectivity index (χ3n) is 6.38. The molecule has 0 bridgehead atoms. The third kappa shape index (κ3) is 6.10. The molecule has 1 amide bonds. The van der Waals surface area contributed by atoms with Crippen LogP contribution in [0, 0.1) is 0 Å². The van der Waals surface area contributed by atoms with Gasteiger partial charge in [-0.1, -0.05) is 0 Å². The third-order valence-corrected chi connectivity index (χ3v) is 7.35. The van der Waals surface area contributed by atoms with Crippen molar-refractivity contribution in [1.29, 1.82) is 0 Å². The van der Waals surface area contributed by atoms with Crippen LogP contribution in [-0.4, -0.2) is 73.5 Å². The molecule has 5 heterocycles. The molecule has 2 N–H and O–H groups in total. The lowest BCUT2D eigenvalue weighted by atomic mass is 10.1. The standard InChI is InChI=1S/C27H32N6O6S/c1-16-14-37-9-8-33(16)18-10-24(32-25(11-18)40(5,35)36)30-21-12-23(29-17(2)34)28-13-19(21)20-6-7-22-26(31-20)38-15-27(3,4)39-22/h6-7,10-13,16H,8-9,14-15H2,1-5H3,(H2,28,29,30,32,34). The van der Waals surface area contributed by atoms with E-state index in [0.29, 0.717) is 72.3 Å². The monoisotopic (exact) mass is 568 g/mol. The van der Waals surface area contributed by atoms with E-state index >= 15 is 0 Å². The number of hydrogen-bond acceptors (Lipinski definition) is 11. The number of carbonyl (C=O) groups excluding carboxylic acids is 1. The molecule has 0 spiro atoms. The van der Waals surface area contributed by atoms with Crippen LogP contribution < -0.4 is 25.0 Å². The molecule has 0 radical (unpaired) electrons. The van der Waals surface area contributed by atoms with Crippen LogP contribution in [0.2, 0.25) is 0 Å². The van der Waals surface area contributed by atoms with E-state index in [1.807, 2.05) is 20.8 Å². The number of carbonyl (C=O) groups is 1. The minimum atomic E-state index is -3.62. The second-order valence-corrected chi connectivity index (χ2v) is 12.5. The molecular formula is C27H32N6O6S. The smallest absolute Gasteiger partial charge is 0.257 e. The van der Waals surface area contributed by atoms with E-state index in [1.165, 1.54) is 6.92 Å². The Morgan fingerprint density at radius 3 is 2.67 bits per heavy atom. The maximum atomic E-state index is 12.6. The van der Waals surface area contributed by atoms with Gasteiger partial charge in [-0.25, -0.2) is 23.4 Å². The number of fused-ring (bicyclic) bond motifs is 1. The topological polar surface area (TPSA) is 145 Å². The molecular weight excluding hydrogens is 536 g/mol. The average molecular weight is 569 g/mol. The first-order valence-corrected chi connectivity index (χ1v) is 14.7. The molecule has 2 aliphatic heterocycles. The van der Waals surface area contributed by atoms with Gasteiger partial charge >= 0.3 is 0 Å². The maximum absolute atomic E-state index is 12.6. The van der Waals surface area contributed by atoms with Crippen LogP contribution >= 0.6 is 0 Å². The van der Waals surface area contributed by atoms with Gasteiger partial charge in [0.05, 0.1) is 24.6 Å². The second-order valence-electron chi connectivity index (χ2n) is 10.5. The lowest BCUT2D eigenvalue weighted by molar-refractivity contribution is -0.114. The highest BCUT2D eigenvalue weighted by atomic mass is 32.2. The molecule has 0 saturated carbocycles. The van der Waals surface area contributed by atoms with Crippen LogP contribution in [-0.2, 0) is 19.4 Å². The highest BCUT2D eigenvalue weighted by molar-refractivity contribution is 7.90. The van der Waals surface area contributed by atoms with E-state index < -0.39 is 15.4 Å². The summed E-state index contributed by atoms with van der Waals surface area (Å²) in [4.78, 5) is 27.3. The molecule has 1 fully saturated rings. The van der Waals surface area contributed by atoms with E-state index in [0.717, 1.165) is 6.26 Å². The van der Waals surface area contributed by atoms with E-state index in [1.54, 1.807) is 36.5 Å². The number of sulfone groups is 1. The van der Waals surface area contributed by atoms with Gasteiger partial charge < -0.3 is 29.7 Å². The summed E-state index contributed by atoms with van der Waals surface area (Å²) in [6, 6.07) is 8.62. The predicted molar refractivity (Wildman–Crippen MR) is 150 cm³/mol. The number of nitrogens with zero attached hydrogens (tertiary/aromatic N) is 4. The lowest BCUT2D eigenvalue weighted by Crippen LogP contribution is -2.43. The number of amides is 1. The number of anilines is 4. The quantitative estimate of drug-likeness (QED) is 0.451. The van der Waals surface area contributed by atoms with E-state index in [4.69, 9.17) is 14.2 Å². The zero-order chi connectivity index (χ0) is 28.7. The molecule has 2 aliphatic rings. The predicted octanol–water partition coefficient (Wildman–Crippen LogP) is 3.42. The fraction of sp³-hybridized carbons (Fsp3) is 0.407. The Morgan fingerprint density at radius 2 is 1.95 bits per heavy atom. The summed E-state index contributed by atoms with van der Waals surface area (Å²) >= 11 is 0. The first-order valence-electron chi connectivity index (χ1n) is 12.8. The van der Waals surface area contributed by atoms with Gasteiger partial charge in [-0.3, -0.25) is 4.79 Å². The Morgan fingerprint density at radius 1 is 1.15 bits per heavy atom. The van der Waals surface area contributed by atoms with Crippen LogP contribution in [0.4, 0.5) is 23.0 Å². The summed E-state index contributed by atoms with van der Waals surface area (Å²) in [7, 11) is -3.62. The van der Waals surface area contributed by atoms with Gasteiger partial charge in [0.15, 0.2) is 20.6 Å². The number of morpholine rings is 1. The van der Waals surface area contributed by atoms with Gasteiger partial charge in [-0.2, -0.15) is 0 Å². The summed E-state index contributed by atoms with van der Waals surface area (Å²) in [6.45, 7) is 9.28. The van der Waals surface area contributed by atoms with E-state index in [9.17, 15) is 13.2 Å². The minimum Gasteiger partial charge on any atom is -0.479 e. The molecule has 12 nitrogen and oxygen atoms in total. The van der Waals surface area contributed by atoms with Crippen molar-refractivity contribution < 1.29 is 27.4 Å². The largest absolute Gasteiger partial charge is 0.479 e. The summed E-state index contributed by atoms with van der Waals surface area (Å²) in [6.07, 6.45) is 2.69. The van der Waals surface area contributed by atoms with Crippen LogP contribution in [0.15, 0.2) is 41.6 Å². The zero-order valence-corrected chi connectivity index (χ0v) is 23.8. The Kier molecular flexibility index (Phi) is 7.27. The number of ether oxygens (including phenoxy) is 3. The first kappa shape index (κ1) is 27.6. The molecule has 3 aromatic heterocycles. The van der Waals surface area contributed by atoms with Crippen LogP contribution in [0.3, 0.4) is 0 Å². The normalized spacial score (nSPS) is 18.2. The van der Waals surface area contributed by atoms with Gasteiger partial charge in [-0.15, -0.1) is 0 Å². The minimum absolute atomic E-state index is 0.0474. The van der Waals surface area contributed by atoms with Crippen LogP contribution in [0.25, 0.3) is 11.3 Å². The highest BCUT2D eigenvalue weighted by Gasteiger charge is 2.29. The molecule has 5 rings (SSSR count). The van der Waals surface area contributed by atoms with Gasteiger partial charge in [-0.05, 0) is 39.0 Å². The second kappa shape index (κ2) is 10.5. The summed E-state index contributed by atoms with van der Waals surface area (Å²) in [5.74, 6) is 1.21. The molecule has 0 aromatic carbocycles. The zero-order valence-electron chi connectivity index (χ0n) is 23.0. The number of aromatic nitrogens is 3. The summed E-state index contributed by atoms with van der Waals surface area (Å²) < 4.78 is 42.5. The first-order chi connectivity index (χ1) is 18.9. The van der Waals surface area contributed by atoms with Crippen LogP contribution in [0.1, 0.15) is 27.7 Å². The molecule has 0 aliphatic carbocycles. The van der Waals surface area contributed by atoms with E-state index in [2.05, 4.69) is 30.5 Å². The molecule has 1 saturated heterocycles. The number of hydrogen-bond donors (Lipinski definition) is 2. The Hall–Kier alpha value is -3.97. The SMILES string of the molecule is CC(=O)Nc1cc(Nc2cc(N3CCOCC3C)cc(S(C)(=O)=O)n2)c(-c2ccc3c(n2)OCC(C)(C)O3)cn1. The van der Waals surface area contributed by atoms with Crippen molar-refractivity contribution in [3.05, 3.63) is 36.5 Å². The molecule has 212 valence electrons. The van der Waals surface area contributed by atoms with Gasteiger partial charge in [0, 0.05) is 55.3 Å². The highest BCUT2D eigenvalue weighted by Crippen LogP contribution is 2.38. The molecule has 3 aromatic rings. The summed E-state index contributed by atoms with van der Waals surface area (Å²) in [5, 5.41) is 5.86. The van der Waals surface area contributed by atoms with E-state index in [-0.39, 0.29) is 17.0 Å². The van der Waals surface area contributed by atoms with Gasteiger partial charge in [0.1, 0.15) is 23.8 Å². The number of nitrogens with one attached hydrogen (secondary N) is 2. The number of rotatable bonds is 6. The molecule has 1 atom stereocenters. The van der Waals surface area contributed by atoms with Crippen molar-refractivity contribution in [2.45, 2.75) is 44.4 Å². The Bertz CT molecular complexity index is 1560. The molecule has 1 unspecified atom stereocenters. The average Bonchev–Trinajstić information content (AvgIpc) is 2.87.